The number of benzene rings is 1. The van der Waals surface area contributed by atoms with Gasteiger partial charge in [0.15, 0.2) is 0 Å². The van der Waals surface area contributed by atoms with E-state index in [1.807, 2.05) is 37.8 Å². The van der Waals surface area contributed by atoms with Crippen LogP contribution in [0.5, 0.6) is 0 Å². The minimum absolute atomic E-state index is 0.00447. The molecule has 172 valence electrons. The highest BCUT2D eigenvalue weighted by molar-refractivity contribution is 5.94. The molecule has 0 saturated carbocycles. The lowest BCUT2D eigenvalue weighted by Crippen LogP contribution is -2.44. The first kappa shape index (κ1) is 23.4. The average Bonchev–Trinajstić information content (AvgIpc) is 2.76. The van der Waals surface area contributed by atoms with Gasteiger partial charge in [-0.3, -0.25) is 4.79 Å². The minimum Gasteiger partial charge on any atom is -0.444 e. The van der Waals surface area contributed by atoms with E-state index in [1.165, 1.54) is 18.5 Å². The number of nitrogens with zero attached hydrogens (tertiary/aromatic N) is 2. The largest absolute Gasteiger partial charge is 0.444 e. The van der Waals surface area contributed by atoms with Crippen LogP contribution < -0.4 is 10.2 Å². The van der Waals surface area contributed by atoms with Crippen LogP contribution in [-0.2, 0) is 4.74 Å². The first-order chi connectivity index (χ1) is 14.8. The number of hydrogen-bond donors (Lipinski definition) is 1. The molecule has 0 bridgehead atoms. The normalized spacial score (nSPS) is 18.7. The van der Waals surface area contributed by atoms with Gasteiger partial charge in [-0.15, -0.1) is 0 Å². The fourth-order valence-electron chi connectivity index (χ4n) is 4.67. The van der Waals surface area contributed by atoms with Gasteiger partial charge in [0.05, 0.1) is 0 Å². The van der Waals surface area contributed by atoms with E-state index in [1.54, 1.807) is 0 Å². The monoisotopic (exact) mass is 429 g/mol. The molecule has 2 aliphatic heterocycles. The van der Waals surface area contributed by atoms with Gasteiger partial charge in [0.2, 0.25) is 0 Å². The zero-order valence-corrected chi connectivity index (χ0v) is 19.7. The van der Waals surface area contributed by atoms with Crippen LogP contribution in [0.2, 0.25) is 0 Å². The maximum atomic E-state index is 12.3. The molecule has 1 aromatic rings. The predicted molar refractivity (Wildman–Crippen MR) is 125 cm³/mol. The van der Waals surface area contributed by atoms with E-state index in [0.717, 1.165) is 56.9 Å². The van der Waals surface area contributed by atoms with E-state index >= 15 is 0 Å². The lowest BCUT2D eigenvalue weighted by Gasteiger charge is -2.41. The van der Waals surface area contributed by atoms with Gasteiger partial charge < -0.3 is 19.9 Å². The van der Waals surface area contributed by atoms with Crippen LogP contribution >= 0.6 is 0 Å². The number of rotatable bonds is 5. The minimum atomic E-state index is -0.432. The lowest BCUT2D eigenvalue weighted by atomic mass is 9.79. The van der Waals surface area contributed by atoms with Crippen molar-refractivity contribution in [1.29, 1.82) is 0 Å². The van der Waals surface area contributed by atoms with Gasteiger partial charge in [0.25, 0.3) is 5.91 Å². The highest BCUT2D eigenvalue weighted by Gasteiger charge is 2.32. The van der Waals surface area contributed by atoms with Crippen LogP contribution in [0.1, 0.15) is 70.2 Å². The highest BCUT2D eigenvalue weighted by Crippen LogP contribution is 2.34. The van der Waals surface area contributed by atoms with E-state index in [2.05, 4.69) is 29.3 Å². The number of carbonyl (C=O) groups excluding carboxylic acids is 2. The predicted octanol–water partition coefficient (Wildman–Crippen LogP) is 4.69. The van der Waals surface area contributed by atoms with Crippen LogP contribution in [0.25, 0.3) is 0 Å². The lowest BCUT2D eigenvalue weighted by molar-refractivity contribution is 0.0152. The number of hydrogen-bond acceptors (Lipinski definition) is 4. The molecule has 6 nitrogen and oxygen atoms in total. The molecule has 0 aliphatic carbocycles. The molecular weight excluding hydrogens is 390 g/mol. The molecule has 2 heterocycles. The summed E-state index contributed by atoms with van der Waals surface area (Å²) in [5.41, 5.74) is 1.49. The molecule has 1 aromatic carbocycles. The van der Waals surface area contributed by atoms with E-state index in [0.29, 0.717) is 12.5 Å². The number of anilines is 1. The molecule has 2 amide bonds. The Morgan fingerprint density at radius 2 is 1.52 bits per heavy atom. The zero-order chi connectivity index (χ0) is 22.4. The van der Waals surface area contributed by atoms with Crippen molar-refractivity contribution in [3.8, 4) is 0 Å². The van der Waals surface area contributed by atoms with E-state index in [4.69, 9.17) is 4.74 Å². The Hall–Kier alpha value is -2.24. The summed E-state index contributed by atoms with van der Waals surface area (Å²) in [5, 5.41) is 2.93. The van der Waals surface area contributed by atoms with Crippen molar-refractivity contribution < 1.29 is 14.3 Å². The zero-order valence-electron chi connectivity index (χ0n) is 19.7. The Morgan fingerprint density at radius 1 is 0.968 bits per heavy atom. The van der Waals surface area contributed by atoms with Gasteiger partial charge in [0, 0.05) is 44.0 Å². The van der Waals surface area contributed by atoms with Crippen LogP contribution in [0, 0.1) is 11.8 Å². The molecule has 0 aromatic heterocycles. The fraction of sp³-hybridized carbons (Fsp3) is 0.680. The fourth-order valence-corrected chi connectivity index (χ4v) is 4.67. The third-order valence-electron chi connectivity index (χ3n) is 6.43. The number of amides is 2. The van der Waals surface area contributed by atoms with Gasteiger partial charge in [-0.1, -0.05) is 6.92 Å². The van der Waals surface area contributed by atoms with E-state index < -0.39 is 5.60 Å². The molecule has 0 spiro atoms. The Bertz CT molecular complexity index is 725. The van der Waals surface area contributed by atoms with Crippen molar-refractivity contribution in [3.63, 3.8) is 0 Å². The molecule has 0 radical (unpaired) electrons. The molecule has 2 fully saturated rings. The van der Waals surface area contributed by atoms with Crippen molar-refractivity contribution in [2.45, 2.75) is 65.4 Å². The Kier molecular flexibility index (Phi) is 7.84. The van der Waals surface area contributed by atoms with E-state index in [9.17, 15) is 9.59 Å². The molecule has 6 heteroatoms. The number of ether oxygens (including phenoxy) is 1. The van der Waals surface area contributed by atoms with Crippen molar-refractivity contribution in [2.24, 2.45) is 11.8 Å². The van der Waals surface area contributed by atoms with Gasteiger partial charge in [-0.05, 0) is 89.0 Å². The number of likely N-dealkylation sites (tertiary alicyclic amines) is 1. The topological polar surface area (TPSA) is 61.9 Å². The third kappa shape index (κ3) is 6.62. The number of carbonyl (C=O) groups is 2. The standard InChI is InChI=1S/C25H39N3O3/c1-5-14-26-23(29)21-6-8-22(9-7-21)27-15-10-19(11-16-27)20-12-17-28(18-13-20)24(30)31-25(2,3)4/h6-9,19-20H,5,10-18H2,1-4H3,(H,26,29). The smallest absolute Gasteiger partial charge is 0.410 e. The van der Waals surface area contributed by atoms with Crippen molar-refractivity contribution in [1.82, 2.24) is 10.2 Å². The molecule has 2 saturated heterocycles. The molecule has 3 rings (SSSR count). The molecule has 0 unspecified atom stereocenters. The summed E-state index contributed by atoms with van der Waals surface area (Å²) in [7, 11) is 0. The van der Waals surface area contributed by atoms with Crippen LogP contribution in [0.4, 0.5) is 10.5 Å². The SMILES string of the molecule is CCCNC(=O)c1ccc(N2CCC(C3CCN(C(=O)OC(C)(C)C)CC3)CC2)cc1. The Balaban J connectivity index is 1.44. The summed E-state index contributed by atoms with van der Waals surface area (Å²) in [6.07, 6.45) is 5.30. The van der Waals surface area contributed by atoms with Crippen molar-refractivity contribution in [2.75, 3.05) is 37.6 Å². The second-order valence-corrected chi connectivity index (χ2v) is 9.93. The summed E-state index contributed by atoms with van der Waals surface area (Å²) < 4.78 is 5.52. The van der Waals surface area contributed by atoms with Gasteiger partial charge >= 0.3 is 6.09 Å². The van der Waals surface area contributed by atoms with Crippen molar-refractivity contribution in [3.05, 3.63) is 29.8 Å². The first-order valence-corrected chi connectivity index (χ1v) is 11.9. The van der Waals surface area contributed by atoms with Gasteiger partial charge in [-0.25, -0.2) is 4.79 Å². The maximum Gasteiger partial charge on any atom is 0.410 e. The second-order valence-electron chi connectivity index (χ2n) is 9.93. The van der Waals surface area contributed by atoms with Crippen LogP contribution in [-0.4, -0.2) is 55.2 Å². The second kappa shape index (κ2) is 10.4. The van der Waals surface area contributed by atoms with Crippen molar-refractivity contribution >= 4 is 17.7 Å². The van der Waals surface area contributed by atoms with Crippen LogP contribution in [0.15, 0.2) is 24.3 Å². The Morgan fingerprint density at radius 3 is 2.03 bits per heavy atom. The van der Waals surface area contributed by atoms with Gasteiger partial charge in [-0.2, -0.15) is 0 Å². The summed E-state index contributed by atoms with van der Waals surface area (Å²) in [5.74, 6) is 1.44. The van der Waals surface area contributed by atoms with E-state index in [-0.39, 0.29) is 12.0 Å². The summed E-state index contributed by atoms with van der Waals surface area (Å²) in [4.78, 5) is 28.7. The third-order valence-corrected chi connectivity index (χ3v) is 6.43. The summed E-state index contributed by atoms with van der Waals surface area (Å²) in [6.45, 7) is 12.2. The average molecular weight is 430 g/mol. The number of piperidine rings is 2. The molecule has 1 N–H and O–H groups in total. The number of nitrogens with one attached hydrogen (secondary N) is 1. The highest BCUT2D eigenvalue weighted by atomic mass is 16.6. The molecular formula is C25H39N3O3. The Labute approximate surface area is 187 Å². The molecule has 0 atom stereocenters. The summed E-state index contributed by atoms with van der Waals surface area (Å²) in [6, 6.07) is 8.00. The quantitative estimate of drug-likeness (QED) is 0.738. The summed E-state index contributed by atoms with van der Waals surface area (Å²) >= 11 is 0. The maximum absolute atomic E-state index is 12.3. The first-order valence-electron chi connectivity index (χ1n) is 11.9. The molecule has 2 aliphatic rings. The van der Waals surface area contributed by atoms with Crippen LogP contribution in [0.3, 0.4) is 0 Å². The van der Waals surface area contributed by atoms with Gasteiger partial charge in [0.1, 0.15) is 5.60 Å². The molecule has 31 heavy (non-hydrogen) atoms.